The second-order valence-corrected chi connectivity index (χ2v) is 5.31. The number of methoxy groups -OCH3 is 1. The van der Waals surface area contributed by atoms with E-state index in [-0.39, 0.29) is 18.3 Å². The first kappa shape index (κ1) is 18.3. The van der Waals surface area contributed by atoms with Crippen LogP contribution in [-0.2, 0) is 11.3 Å². The molecule has 8 heteroatoms. The second kappa shape index (κ2) is 8.72. The quantitative estimate of drug-likeness (QED) is 0.675. The molecule has 0 fully saturated rings. The molecular weight excluding hydrogens is 326 g/mol. The molecule has 0 unspecified atom stereocenters. The van der Waals surface area contributed by atoms with Crippen LogP contribution in [0.25, 0.3) is 0 Å². The van der Waals surface area contributed by atoms with Gasteiger partial charge in [0.25, 0.3) is 5.91 Å². The van der Waals surface area contributed by atoms with Gasteiger partial charge in [-0.05, 0) is 24.6 Å². The second-order valence-electron chi connectivity index (χ2n) is 5.31. The first-order valence-electron chi connectivity index (χ1n) is 7.91. The number of hydrogen-bond donors (Lipinski definition) is 2. The Balaban J connectivity index is 2.05. The van der Waals surface area contributed by atoms with Crippen LogP contribution in [0.5, 0.6) is 11.5 Å². The molecule has 0 spiro atoms. The van der Waals surface area contributed by atoms with E-state index in [1.165, 1.54) is 24.1 Å². The van der Waals surface area contributed by atoms with Crippen LogP contribution in [0.2, 0.25) is 0 Å². The fourth-order valence-corrected chi connectivity index (χ4v) is 2.10. The number of carboxylic acids is 1. The highest BCUT2D eigenvalue weighted by atomic mass is 16.5. The van der Waals surface area contributed by atoms with Crippen molar-refractivity contribution in [3.63, 3.8) is 0 Å². The van der Waals surface area contributed by atoms with Crippen LogP contribution < -0.4 is 14.8 Å². The minimum Gasteiger partial charge on any atom is -0.493 e. The van der Waals surface area contributed by atoms with Crippen LogP contribution in [0.1, 0.15) is 30.1 Å². The molecule has 2 aromatic rings. The first-order valence-corrected chi connectivity index (χ1v) is 7.91. The molecule has 1 heterocycles. The number of rotatable bonds is 9. The Bertz CT molecular complexity index is 742. The SMILES string of the molecule is CCCCOc1ccc(C(=O)Nc2ccn(CC(=O)O)n2)cc1OC. The standard InChI is InChI=1S/C17H21N3O5/c1-3-4-9-25-13-6-5-12(10-14(13)24-2)17(23)18-15-7-8-20(19-15)11-16(21)22/h5-8,10H,3-4,9,11H2,1-2H3,(H,21,22)(H,18,19,23). The molecule has 0 saturated heterocycles. The minimum absolute atomic E-state index is 0.270. The smallest absolute Gasteiger partial charge is 0.325 e. The number of carboxylic acid groups (broad SMARTS) is 1. The Kier molecular flexibility index (Phi) is 6.39. The first-order chi connectivity index (χ1) is 12.0. The minimum atomic E-state index is -1.01. The van der Waals surface area contributed by atoms with E-state index in [0.717, 1.165) is 12.8 Å². The normalized spacial score (nSPS) is 10.3. The summed E-state index contributed by atoms with van der Waals surface area (Å²) >= 11 is 0. The van der Waals surface area contributed by atoms with Crippen molar-refractivity contribution < 1.29 is 24.2 Å². The number of nitrogens with one attached hydrogen (secondary N) is 1. The third kappa shape index (κ3) is 5.23. The molecule has 0 aliphatic carbocycles. The highest BCUT2D eigenvalue weighted by Gasteiger charge is 2.13. The molecule has 0 atom stereocenters. The molecule has 2 N–H and O–H groups in total. The molecule has 0 bridgehead atoms. The van der Waals surface area contributed by atoms with Crippen LogP contribution in [0.3, 0.4) is 0 Å². The van der Waals surface area contributed by atoms with E-state index < -0.39 is 5.97 Å². The number of aliphatic carboxylic acids is 1. The van der Waals surface area contributed by atoms with E-state index in [2.05, 4.69) is 17.3 Å². The van der Waals surface area contributed by atoms with Gasteiger partial charge in [0.2, 0.25) is 0 Å². The van der Waals surface area contributed by atoms with Crippen molar-refractivity contribution in [1.29, 1.82) is 0 Å². The van der Waals surface area contributed by atoms with Gasteiger partial charge < -0.3 is 19.9 Å². The van der Waals surface area contributed by atoms with E-state index in [4.69, 9.17) is 14.6 Å². The number of unbranched alkanes of at least 4 members (excludes halogenated alkanes) is 1. The number of ether oxygens (including phenoxy) is 2. The number of nitrogens with zero attached hydrogens (tertiary/aromatic N) is 2. The molecule has 0 radical (unpaired) electrons. The fraction of sp³-hybridized carbons (Fsp3) is 0.353. The van der Waals surface area contributed by atoms with E-state index in [1.54, 1.807) is 18.2 Å². The fourth-order valence-electron chi connectivity index (χ4n) is 2.10. The summed E-state index contributed by atoms with van der Waals surface area (Å²) in [6.45, 7) is 2.39. The lowest BCUT2D eigenvalue weighted by molar-refractivity contribution is -0.137. The number of hydrogen-bond acceptors (Lipinski definition) is 5. The van der Waals surface area contributed by atoms with Gasteiger partial charge in [0.15, 0.2) is 17.3 Å². The molecule has 8 nitrogen and oxygen atoms in total. The van der Waals surface area contributed by atoms with Gasteiger partial charge in [0, 0.05) is 17.8 Å². The lowest BCUT2D eigenvalue weighted by Crippen LogP contribution is -2.14. The van der Waals surface area contributed by atoms with Crippen LogP contribution >= 0.6 is 0 Å². The van der Waals surface area contributed by atoms with Gasteiger partial charge in [-0.15, -0.1) is 0 Å². The Morgan fingerprint density at radius 2 is 2.08 bits per heavy atom. The maximum atomic E-state index is 12.3. The van der Waals surface area contributed by atoms with Crippen molar-refractivity contribution in [2.75, 3.05) is 19.0 Å². The summed E-state index contributed by atoms with van der Waals surface area (Å²) in [6, 6.07) is 6.44. The Hall–Kier alpha value is -3.03. The van der Waals surface area contributed by atoms with E-state index >= 15 is 0 Å². The average molecular weight is 347 g/mol. The van der Waals surface area contributed by atoms with Crippen molar-refractivity contribution in [3.8, 4) is 11.5 Å². The van der Waals surface area contributed by atoms with Gasteiger partial charge in [-0.3, -0.25) is 14.3 Å². The van der Waals surface area contributed by atoms with Crippen molar-refractivity contribution in [2.24, 2.45) is 0 Å². The largest absolute Gasteiger partial charge is 0.493 e. The number of carbonyl (C=O) groups excluding carboxylic acids is 1. The zero-order chi connectivity index (χ0) is 18.2. The zero-order valence-electron chi connectivity index (χ0n) is 14.2. The van der Waals surface area contributed by atoms with Gasteiger partial charge in [-0.2, -0.15) is 5.10 Å². The van der Waals surface area contributed by atoms with Crippen molar-refractivity contribution >= 4 is 17.7 Å². The molecule has 1 aromatic heterocycles. The molecule has 25 heavy (non-hydrogen) atoms. The summed E-state index contributed by atoms with van der Waals surface area (Å²) in [5, 5.41) is 15.3. The van der Waals surface area contributed by atoms with Crippen molar-refractivity contribution in [1.82, 2.24) is 9.78 Å². The van der Waals surface area contributed by atoms with Crippen LogP contribution in [0.4, 0.5) is 5.82 Å². The summed E-state index contributed by atoms with van der Waals surface area (Å²) in [5.74, 6) is -0.0600. The maximum absolute atomic E-state index is 12.3. The van der Waals surface area contributed by atoms with E-state index in [9.17, 15) is 9.59 Å². The van der Waals surface area contributed by atoms with Crippen LogP contribution in [0, 0.1) is 0 Å². The lowest BCUT2D eigenvalue weighted by atomic mass is 10.2. The monoisotopic (exact) mass is 347 g/mol. The molecular formula is C17H21N3O5. The maximum Gasteiger partial charge on any atom is 0.325 e. The predicted octanol–water partition coefficient (Wildman–Crippen LogP) is 2.41. The number of anilines is 1. The van der Waals surface area contributed by atoms with Gasteiger partial charge in [-0.1, -0.05) is 13.3 Å². The zero-order valence-corrected chi connectivity index (χ0v) is 14.2. The topological polar surface area (TPSA) is 103 Å². The molecule has 2 rings (SSSR count). The summed E-state index contributed by atoms with van der Waals surface area (Å²) in [4.78, 5) is 23.0. The Morgan fingerprint density at radius 3 is 2.76 bits per heavy atom. The third-order valence-electron chi connectivity index (χ3n) is 3.36. The van der Waals surface area contributed by atoms with E-state index in [1.807, 2.05) is 0 Å². The highest BCUT2D eigenvalue weighted by Crippen LogP contribution is 2.28. The van der Waals surface area contributed by atoms with Gasteiger partial charge in [0.1, 0.15) is 6.54 Å². The predicted molar refractivity (Wildman–Crippen MR) is 91.2 cm³/mol. The number of aromatic nitrogens is 2. The number of carbonyl (C=O) groups is 2. The van der Waals surface area contributed by atoms with Gasteiger partial charge in [0.05, 0.1) is 13.7 Å². The summed E-state index contributed by atoms with van der Waals surface area (Å²) in [6.07, 6.45) is 3.44. The molecule has 134 valence electrons. The third-order valence-corrected chi connectivity index (χ3v) is 3.36. The summed E-state index contributed by atoms with van der Waals surface area (Å²) in [7, 11) is 1.51. The summed E-state index contributed by atoms with van der Waals surface area (Å²) in [5.41, 5.74) is 0.382. The van der Waals surface area contributed by atoms with E-state index in [0.29, 0.717) is 23.7 Å². The number of amides is 1. The molecule has 0 aliphatic rings. The van der Waals surface area contributed by atoms with Gasteiger partial charge in [-0.25, -0.2) is 0 Å². The van der Waals surface area contributed by atoms with Crippen molar-refractivity contribution in [2.45, 2.75) is 26.3 Å². The van der Waals surface area contributed by atoms with Crippen LogP contribution in [0.15, 0.2) is 30.5 Å². The number of benzene rings is 1. The lowest BCUT2D eigenvalue weighted by Gasteiger charge is -2.11. The van der Waals surface area contributed by atoms with Gasteiger partial charge >= 0.3 is 5.97 Å². The Labute approximate surface area is 145 Å². The summed E-state index contributed by atoms with van der Waals surface area (Å²) < 4.78 is 12.1. The molecule has 0 saturated carbocycles. The highest BCUT2D eigenvalue weighted by molar-refractivity contribution is 6.04. The molecule has 1 amide bonds. The average Bonchev–Trinajstić information content (AvgIpc) is 3.01. The molecule has 1 aromatic carbocycles. The molecule has 0 aliphatic heterocycles. The Morgan fingerprint density at radius 1 is 1.28 bits per heavy atom. The van der Waals surface area contributed by atoms with Crippen LogP contribution in [-0.4, -0.2) is 40.5 Å². The van der Waals surface area contributed by atoms with Crippen molar-refractivity contribution in [3.05, 3.63) is 36.0 Å².